The zero-order valence-corrected chi connectivity index (χ0v) is 16.0. The van der Waals surface area contributed by atoms with Crippen molar-refractivity contribution in [2.24, 2.45) is 12.8 Å². The molecule has 4 rings (SSSR count). The molecule has 4 nitrogen and oxygen atoms in total. The van der Waals surface area contributed by atoms with Crippen molar-refractivity contribution in [2.75, 3.05) is 0 Å². The Morgan fingerprint density at radius 1 is 0.964 bits per heavy atom. The minimum Gasteiger partial charge on any atom is -0.372 e. The molecule has 0 spiro atoms. The summed E-state index contributed by atoms with van der Waals surface area (Å²) >= 11 is 6.14. The van der Waals surface area contributed by atoms with Crippen LogP contribution in [0.2, 0.25) is 5.02 Å². The first-order chi connectivity index (χ1) is 13.4. The maximum Gasteiger partial charge on any atom is 0.258 e. The molecule has 4 aromatic rings. The summed E-state index contributed by atoms with van der Waals surface area (Å²) in [5.41, 5.74) is 7.38. The van der Waals surface area contributed by atoms with E-state index in [2.05, 4.69) is 6.07 Å². The maximum absolute atomic E-state index is 12.3. The van der Waals surface area contributed by atoms with Gasteiger partial charge < -0.3 is 15.4 Å². The van der Waals surface area contributed by atoms with Crippen molar-refractivity contribution in [3.63, 3.8) is 0 Å². The van der Waals surface area contributed by atoms with Crippen LogP contribution in [0.1, 0.15) is 11.1 Å². The second kappa shape index (κ2) is 6.82. The van der Waals surface area contributed by atoms with Gasteiger partial charge in [0.25, 0.3) is 5.91 Å². The Bertz CT molecular complexity index is 1180. The third-order valence-corrected chi connectivity index (χ3v) is 5.37. The lowest BCUT2D eigenvalue weighted by atomic mass is 9.85. The number of amides is 1. The Morgan fingerprint density at radius 3 is 2.39 bits per heavy atom. The van der Waals surface area contributed by atoms with Gasteiger partial charge in [0.15, 0.2) is 5.60 Å². The Balaban J connectivity index is 1.88. The van der Waals surface area contributed by atoms with Gasteiger partial charge in [0.05, 0.1) is 0 Å². The van der Waals surface area contributed by atoms with Crippen LogP contribution in [0, 0.1) is 0 Å². The van der Waals surface area contributed by atoms with Crippen LogP contribution < -0.4 is 5.73 Å². The highest BCUT2D eigenvalue weighted by Gasteiger charge is 2.38. The third kappa shape index (κ3) is 2.87. The first kappa shape index (κ1) is 18.3. The highest BCUT2D eigenvalue weighted by Crippen LogP contribution is 2.34. The number of fused-ring (bicyclic) bond motifs is 1. The van der Waals surface area contributed by atoms with E-state index in [0.717, 1.165) is 22.2 Å². The summed E-state index contributed by atoms with van der Waals surface area (Å²) in [6.07, 6.45) is 0. The zero-order valence-electron chi connectivity index (χ0n) is 15.3. The number of nitrogens with two attached hydrogens (primary N) is 1. The largest absolute Gasteiger partial charge is 0.372 e. The van der Waals surface area contributed by atoms with Gasteiger partial charge in [-0.25, -0.2) is 0 Å². The molecule has 0 bridgehead atoms. The van der Waals surface area contributed by atoms with Crippen LogP contribution in [0.25, 0.3) is 22.2 Å². The average molecular weight is 391 g/mol. The Morgan fingerprint density at radius 2 is 1.68 bits per heavy atom. The number of carbonyl (C=O) groups is 1. The van der Waals surface area contributed by atoms with Crippen molar-refractivity contribution in [2.45, 2.75) is 5.60 Å². The number of benzene rings is 3. The highest BCUT2D eigenvalue weighted by molar-refractivity contribution is 6.31. The lowest BCUT2D eigenvalue weighted by Gasteiger charge is -2.26. The average Bonchev–Trinajstić information content (AvgIpc) is 3.04. The van der Waals surface area contributed by atoms with Gasteiger partial charge in [0, 0.05) is 28.7 Å². The molecule has 1 aromatic heterocycles. The molecule has 0 aliphatic carbocycles. The number of hydrogen-bond donors (Lipinski definition) is 2. The molecule has 0 fully saturated rings. The smallest absolute Gasteiger partial charge is 0.258 e. The molecule has 3 N–H and O–H groups in total. The first-order valence-corrected chi connectivity index (χ1v) is 9.23. The molecule has 1 atom stereocenters. The van der Waals surface area contributed by atoms with Gasteiger partial charge in [0.1, 0.15) is 0 Å². The van der Waals surface area contributed by atoms with Gasteiger partial charge in [-0.3, -0.25) is 4.79 Å². The van der Waals surface area contributed by atoms with Crippen LogP contribution in [0.5, 0.6) is 0 Å². The second-order valence-electron chi connectivity index (χ2n) is 6.81. The molecule has 0 saturated carbocycles. The van der Waals surface area contributed by atoms with E-state index in [0.29, 0.717) is 16.1 Å². The fourth-order valence-electron chi connectivity index (χ4n) is 3.61. The van der Waals surface area contributed by atoms with Gasteiger partial charge in [0.2, 0.25) is 0 Å². The molecule has 28 heavy (non-hydrogen) atoms. The zero-order chi connectivity index (χ0) is 19.9. The lowest BCUT2D eigenvalue weighted by Crippen LogP contribution is -2.42. The molecule has 0 radical (unpaired) electrons. The number of aliphatic hydroxyl groups is 1. The SMILES string of the molecule is Cn1c(-c2cccc(C(O)(C(N)=O)c3ccccc3)c2)cc2ccc(Cl)cc21. The molecule has 3 aromatic carbocycles. The maximum atomic E-state index is 12.3. The Hall–Kier alpha value is -3.08. The predicted molar refractivity (Wildman–Crippen MR) is 112 cm³/mol. The van der Waals surface area contributed by atoms with Gasteiger partial charge in [-0.05, 0) is 41.0 Å². The van der Waals surface area contributed by atoms with Gasteiger partial charge in [-0.15, -0.1) is 0 Å². The molecule has 5 heteroatoms. The Labute approximate surface area is 167 Å². The van der Waals surface area contributed by atoms with E-state index in [1.807, 2.05) is 48.0 Å². The molecular formula is C23H19ClN2O2. The number of halogens is 1. The number of rotatable bonds is 4. The van der Waals surface area contributed by atoms with E-state index in [1.165, 1.54) is 0 Å². The van der Waals surface area contributed by atoms with Crippen molar-refractivity contribution in [1.29, 1.82) is 0 Å². The van der Waals surface area contributed by atoms with Crippen molar-refractivity contribution < 1.29 is 9.90 Å². The lowest BCUT2D eigenvalue weighted by molar-refractivity contribution is -0.133. The minimum absolute atomic E-state index is 0.423. The van der Waals surface area contributed by atoms with E-state index in [4.69, 9.17) is 17.3 Å². The number of nitrogens with zero attached hydrogens (tertiary/aromatic N) is 1. The summed E-state index contributed by atoms with van der Waals surface area (Å²) in [4.78, 5) is 12.3. The van der Waals surface area contributed by atoms with E-state index in [1.54, 1.807) is 36.4 Å². The number of aromatic nitrogens is 1. The van der Waals surface area contributed by atoms with Crippen LogP contribution in [-0.2, 0) is 17.4 Å². The molecular weight excluding hydrogens is 372 g/mol. The van der Waals surface area contributed by atoms with Crippen molar-refractivity contribution in [1.82, 2.24) is 4.57 Å². The normalized spacial score (nSPS) is 13.4. The Kier molecular flexibility index (Phi) is 4.46. The second-order valence-corrected chi connectivity index (χ2v) is 7.25. The number of hydrogen-bond acceptors (Lipinski definition) is 2. The topological polar surface area (TPSA) is 68.2 Å². The fourth-order valence-corrected chi connectivity index (χ4v) is 3.78. The summed E-state index contributed by atoms with van der Waals surface area (Å²) in [6.45, 7) is 0. The third-order valence-electron chi connectivity index (χ3n) is 5.13. The summed E-state index contributed by atoms with van der Waals surface area (Å²) < 4.78 is 2.03. The predicted octanol–water partition coefficient (Wildman–Crippen LogP) is 4.22. The number of carbonyl (C=O) groups excluding carboxylic acids is 1. The monoisotopic (exact) mass is 390 g/mol. The summed E-state index contributed by atoms with van der Waals surface area (Å²) in [5, 5.41) is 13.0. The van der Waals surface area contributed by atoms with E-state index < -0.39 is 11.5 Å². The van der Waals surface area contributed by atoms with Crippen LogP contribution in [0.15, 0.2) is 78.9 Å². The fraction of sp³-hybridized carbons (Fsp3) is 0.0870. The summed E-state index contributed by atoms with van der Waals surface area (Å²) in [7, 11) is 1.96. The molecule has 1 heterocycles. The highest BCUT2D eigenvalue weighted by atomic mass is 35.5. The van der Waals surface area contributed by atoms with Crippen LogP contribution in [-0.4, -0.2) is 15.6 Å². The summed E-state index contributed by atoms with van der Waals surface area (Å²) in [5.74, 6) is -0.820. The minimum atomic E-state index is -1.91. The molecule has 0 aliphatic heterocycles. The van der Waals surface area contributed by atoms with Gasteiger partial charge in [-0.1, -0.05) is 66.2 Å². The molecule has 1 unspecified atom stereocenters. The van der Waals surface area contributed by atoms with Gasteiger partial charge in [-0.2, -0.15) is 0 Å². The van der Waals surface area contributed by atoms with E-state index >= 15 is 0 Å². The van der Waals surface area contributed by atoms with Crippen molar-refractivity contribution in [3.05, 3.63) is 95.0 Å². The van der Waals surface area contributed by atoms with Crippen LogP contribution >= 0.6 is 11.6 Å². The van der Waals surface area contributed by atoms with Gasteiger partial charge >= 0.3 is 0 Å². The van der Waals surface area contributed by atoms with Crippen LogP contribution in [0.3, 0.4) is 0 Å². The summed E-state index contributed by atoms with van der Waals surface area (Å²) in [6, 6.07) is 23.8. The first-order valence-electron chi connectivity index (χ1n) is 8.85. The van der Waals surface area contributed by atoms with Crippen molar-refractivity contribution in [3.8, 4) is 11.3 Å². The van der Waals surface area contributed by atoms with E-state index in [9.17, 15) is 9.90 Å². The standard InChI is InChI=1S/C23H19ClN2O2/c1-26-20(13-16-10-11-19(24)14-21(16)26)15-6-5-9-18(12-15)23(28,22(25)27)17-7-3-2-4-8-17/h2-14,28H,1H3,(H2,25,27). The molecule has 1 amide bonds. The quantitative estimate of drug-likeness (QED) is 0.547. The number of primary amides is 1. The number of aryl methyl sites for hydroxylation is 1. The molecule has 0 saturated heterocycles. The van der Waals surface area contributed by atoms with E-state index in [-0.39, 0.29) is 0 Å². The molecule has 140 valence electrons. The molecule has 0 aliphatic rings. The van der Waals surface area contributed by atoms with Crippen molar-refractivity contribution >= 4 is 28.4 Å². The van der Waals surface area contributed by atoms with Crippen LogP contribution in [0.4, 0.5) is 0 Å².